The highest BCUT2D eigenvalue weighted by atomic mass is 16.1. The smallest absolute Gasteiger partial charge is 0.250 e. The summed E-state index contributed by atoms with van der Waals surface area (Å²) >= 11 is 0. The average Bonchev–Trinajstić information content (AvgIpc) is 2.47. The minimum atomic E-state index is -0.475. The van der Waals surface area contributed by atoms with Gasteiger partial charge >= 0.3 is 0 Å². The number of hydrogen-bond acceptors (Lipinski definition) is 3. The number of anilines is 2. The first-order valence-electron chi connectivity index (χ1n) is 7.57. The van der Waals surface area contributed by atoms with Crippen molar-refractivity contribution in [2.24, 2.45) is 11.7 Å². The van der Waals surface area contributed by atoms with E-state index in [4.69, 9.17) is 11.5 Å². The van der Waals surface area contributed by atoms with E-state index in [0.29, 0.717) is 17.3 Å². The van der Waals surface area contributed by atoms with E-state index < -0.39 is 5.91 Å². The van der Waals surface area contributed by atoms with Gasteiger partial charge in [0.2, 0.25) is 0 Å². The monoisotopic (exact) mass is 275 g/mol. The molecule has 1 unspecified atom stereocenters. The second kappa shape index (κ2) is 6.64. The van der Waals surface area contributed by atoms with Crippen molar-refractivity contribution >= 4 is 17.3 Å². The number of hydrogen-bond donors (Lipinski definition) is 3. The van der Waals surface area contributed by atoms with E-state index in [1.807, 2.05) is 6.07 Å². The molecule has 0 spiro atoms. The summed E-state index contributed by atoms with van der Waals surface area (Å²) in [6, 6.07) is 5.89. The first-order valence-corrected chi connectivity index (χ1v) is 7.57. The van der Waals surface area contributed by atoms with Gasteiger partial charge in [-0.05, 0) is 43.4 Å². The number of carbonyl (C=O) groups is 1. The lowest BCUT2D eigenvalue weighted by Gasteiger charge is -2.31. The quantitative estimate of drug-likeness (QED) is 0.722. The Kier molecular flexibility index (Phi) is 4.88. The van der Waals surface area contributed by atoms with E-state index in [0.717, 1.165) is 18.0 Å². The number of nitrogens with two attached hydrogens (primary N) is 2. The highest BCUT2D eigenvalue weighted by molar-refractivity contribution is 5.98. The van der Waals surface area contributed by atoms with Gasteiger partial charge in [-0.15, -0.1) is 0 Å². The standard InChI is InChI=1S/C16H25N3O/c1-2-15(11-6-4-3-5-7-11)19-12-8-9-14(17)13(10-12)16(18)20/h8-11,15,19H,2-7,17H2,1H3,(H2,18,20). The van der Waals surface area contributed by atoms with Crippen LogP contribution in [0.1, 0.15) is 55.8 Å². The highest BCUT2D eigenvalue weighted by Gasteiger charge is 2.22. The van der Waals surface area contributed by atoms with E-state index in [1.165, 1.54) is 32.1 Å². The molecule has 0 radical (unpaired) electrons. The lowest BCUT2D eigenvalue weighted by molar-refractivity contribution is 0.100. The molecule has 1 aliphatic rings. The molecule has 0 bridgehead atoms. The van der Waals surface area contributed by atoms with Crippen molar-refractivity contribution in [1.82, 2.24) is 0 Å². The van der Waals surface area contributed by atoms with E-state index in [1.54, 1.807) is 12.1 Å². The Balaban J connectivity index is 2.10. The highest BCUT2D eigenvalue weighted by Crippen LogP contribution is 2.30. The molecule has 1 amide bonds. The molecule has 1 aromatic carbocycles. The van der Waals surface area contributed by atoms with Crippen molar-refractivity contribution in [3.63, 3.8) is 0 Å². The van der Waals surface area contributed by atoms with E-state index in [9.17, 15) is 4.79 Å². The van der Waals surface area contributed by atoms with Crippen LogP contribution in [0.4, 0.5) is 11.4 Å². The van der Waals surface area contributed by atoms with Crippen LogP contribution in [0, 0.1) is 5.92 Å². The topological polar surface area (TPSA) is 81.1 Å². The molecule has 1 aromatic rings. The summed E-state index contributed by atoms with van der Waals surface area (Å²) in [6.07, 6.45) is 7.70. The van der Waals surface area contributed by atoms with Crippen LogP contribution in [-0.2, 0) is 0 Å². The van der Waals surface area contributed by atoms with Crippen LogP contribution in [0.2, 0.25) is 0 Å². The van der Waals surface area contributed by atoms with Crippen molar-refractivity contribution in [3.8, 4) is 0 Å². The van der Waals surface area contributed by atoms with E-state index in [2.05, 4.69) is 12.2 Å². The van der Waals surface area contributed by atoms with Gasteiger partial charge in [-0.25, -0.2) is 0 Å². The molecule has 110 valence electrons. The Morgan fingerprint density at radius 1 is 1.35 bits per heavy atom. The van der Waals surface area contributed by atoms with Gasteiger partial charge in [0, 0.05) is 17.4 Å². The third-order valence-corrected chi connectivity index (χ3v) is 4.33. The fraction of sp³-hybridized carbons (Fsp3) is 0.562. The Morgan fingerprint density at radius 2 is 2.05 bits per heavy atom. The molecule has 0 aliphatic heterocycles. The van der Waals surface area contributed by atoms with Crippen LogP contribution >= 0.6 is 0 Å². The fourth-order valence-electron chi connectivity index (χ4n) is 3.16. The second-order valence-electron chi connectivity index (χ2n) is 5.72. The summed E-state index contributed by atoms with van der Waals surface area (Å²) in [6.45, 7) is 2.21. The molecule has 5 N–H and O–H groups in total. The van der Waals surface area contributed by atoms with Gasteiger partial charge in [-0.3, -0.25) is 4.79 Å². The SMILES string of the molecule is CCC(Nc1ccc(N)c(C(N)=O)c1)C1CCCCC1. The summed E-state index contributed by atoms with van der Waals surface area (Å²) < 4.78 is 0. The Hall–Kier alpha value is -1.71. The molecule has 1 aliphatic carbocycles. The number of rotatable bonds is 5. The van der Waals surface area contributed by atoms with Crippen LogP contribution in [0.15, 0.2) is 18.2 Å². The molecule has 1 atom stereocenters. The van der Waals surface area contributed by atoms with Gasteiger partial charge in [0.05, 0.1) is 5.56 Å². The lowest BCUT2D eigenvalue weighted by atomic mass is 9.83. The molecule has 4 heteroatoms. The minimum absolute atomic E-state index is 0.397. The molecule has 2 rings (SSSR count). The maximum atomic E-state index is 11.3. The summed E-state index contributed by atoms with van der Waals surface area (Å²) in [5.41, 5.74) is 12.9. The Labute approximate surface area is 120 Å². The van der Waals surface area contributed by atoms with E-state index >= 15 is 0 Å². The van der Waals surface area contributed by atoms with Crippen molar-refractivity contribution in [3.05, 3.63) is 23.8 Å². The van der Waals surface area contributed by atoms with Gasteiger partial charge in [0.25, 0.3) is 5.91 Å². The maximum absolute atomic E-state index is 11.3. The molecular weight excluding hydrogens is 250 g/mol. The van der Waals surface area contributed by atoms with Crippen LogP contribution in [0.5, 0.6) is 0 Å². The van der Waals surface area contributed by atoms with Crippen molar-refractivity contribution in [2.75, 3.05) is 11.1 Å². The molecule has 4 nitrogen and oxygen atoms in total. The summed E-state index contributed by atoms with van der Waals surface area (Å²) in [4.78, 5) is 11.3. The van der Waals surface area contributed by atoms with Gasteiger partial charge < -0.3 is 16.8 Å². The first-order chi connectivity index (χ1) is 9.61. The van der Waals surface area contributed by atoms with Crippen molar-refractivity contribution < 1.29 is 4.79 Å². The molecule has 1 fully saturated rings. The van der Waals surface area contributed by atoms with Crippen LogP contribution in [0.25, 0.3) is 0 Å². The van der Waals surface area contributed by atoms with E-state index in [-0.39, 0.29) is 0 Å². The zero-order valence-electron chi connectivity index (χ0n) is 12.2. The zero-order chi connectivity index (χ0) is 14.5. The first kappa shape index (κ1) is 14.7. The maximum Gasteiger partial charge on any atom is 0.250 e. The Bertz CT molecular complexity index is 467. The van der Waals surface area contributed by atoms with Crippen LogP contribution < -0.4 is 16.8 Å². The molecule has 0 heterocycles. The second-order valence-corrected chi connectivity index (χ2v) is 5.72. The van der Waals surface area contributed by atoms with Gasteiger partial charge in [0.15, 0.2) is 0 Å². The molecule has 1 saturated carbocycles. The average molecular weight is 275 g/mol. The summed E-state index contributed by atoms with van der Waals surface area (Å²) in [5.74, 6) is 0.250. The summed E-state index contributed by atoms with van der Waals surface area (Å²) in [5, 5.41) is 3.56. The third-order valence-electron chi connectivity index (χ3n) is 4.33. The zero-order valence-corrected chi connectivity index (χ0v) is 12.2. The third kappa shape index (κ3) is 3.44. The van der Waals surface area contributed by atoms with Gasteiger partial charge in [-0.2, -0.15) is 0 Å². The largest absolute Gasteiger partial charge is 0.398 e. The predicted octanol–water partition coefficient (Wildman–Crippen LogP) is 3.14. The number of amides is 1. The molecular formula is C16H25N3O. The summed E-state index contributed by atoms with van der Waals surface area (Å²) in [7, 11) is 0. The number of benzene rings is 1. The van der Waals surface area contributed by atoms with Crippen molar-refractivity contribution in [1.29, 1.82) is 0 Å². The fourth-order valence-corrected chi connectivity index (χ4v) is 3.16. The minimum Gasteiger partial charge on any atom is -0.398 e. The normalized spacial score (nSPS) is 17.6. The number of nitrogens with one attached hydrogen (secondary N) is 1. The molecule has 20 heavy (non-hydrogen) atoms. The van der Waals surface area contributed by atoms with Crippen LogP contribution in [-0.4, -0.2) is 11.9 Å². The van der Waals surface area contributed by atoms with Gasteiger partial charge in [0.1, 0.15) is 0 Å². The van der Waals surface area contributed by atoms with Crippen molar-refractivity contribution in [2.45, 2.75) is 51.5 Å². The molecule has 0 saturated heterocycles. The number of carbonyl (C=O) groups excluding carboxylic acids is 1. The number of nitrogen functional groups attached to an aromatic ring is 1. The Morgan fingerprint density at radius 3 is 2.65 bits per heavy atom. The molecule has 0 aromatic heterocycles. The lowest BCUT2D eigenvalue weighted by Crippen LogP contribution is -2.30. The number of primary amides is 1. The van der Waals surface area contributed by atoms with Gasteiger partial charge in [-0.1, -0.05) is 26.2 Å². The van der Waals surface area contributed by atoms with Crippen LogP contribution in [0.3, 0.4) is 0 Å². The predicted molar refractivity (Wildman–Crippen MR) is 83.6 cm³/mol.